The highest BCUT2D eigenvalue weighted by Gasteiger charge is 2.62. The summed E-state index contributed by atoms with van der Waals surface area (Å²) in [4.78, 5) is 11.0. The summed E-state index contributed by atoms with van der Waals surface area (Å²) in [6.45, 7) is 7.33. The van der Waals surface area contributed by atoms with E-state index in [9.17, 15) is 9.90 Å². The van der Waals surface area contributed by atoms with Crippen molar-refractivity contribution in [2.24, 2.45) is 46.3 Å². The third-order valence-corrected chi connectivity index (χ3v) is 10.2. The summed E-state index contributed by atoms with van der Waals surface area (Å²) < 4.78 is 0. The lowest BCUT2D eigenvalue weighted by Gasteiger charge is -2.62. The summed E-state index contributed by atoms with van der Waals surface area (Å²) in [5.74, 6) is 3.02. The van der Waals surface area contributed by atoms with Crippen LogP contribution in [-0.4, -0.2) is 22.3 Å². The van der Waals surface area contributed by atoms with Crippen molar-refractivity contribution < 1.29 is 15.0 Å². The third kappa shape index (κ3) is 3.07. The van der Waals surface area contributed by atoms with Gasteiger partial charge in [-0.05, 0) is 97.7 Å². The van der Waals surface area contributed by atoms with Gasteiger partial charge in [-0.2, -0.15) is 0 Å². The molecule has 0 amide bonds. The van der Waals surface area contributed by atoms with Crippen molar-refractivity contribution in [3.8, 4) is 0 Å². The van der Waals surface area contributed by atoms with E-state index in [0.717, 1.165) is 18.8 Å². The maximum Gasteiger partial charge on any atom is 0.303 e. The molecule has 0 aliphatic heterocycles. The Morgan fingerprint density at radius 3 is 2.52 bits per heavy atom. The molecule has 4 aliphatic carbocycles. The quantitative estimate of drug-likeness (QED) is 0.680. The summed E-state index contributed by atoms with van der Waals surface area (Å²) in [6.07, 6.45) is 12.5. The van der Waals surface area contributed by atoms with Crippen LogP contribution in [0.1, 0.15) is 91.4 Å². The van der Waals surface area contributed by atoms with Gasteiger partial charge in [-0.1, -0.05) is 33.6 Å². The Morgan fingerprint density at radius 2 is 1.78 bits per heavy atom. The molecule has 0 radical (unpaired) electrons. The van der Waals surface area contributed by atoms with Crippen molar-refractivity contribution >= 4 is 5.97 Å². The number of carbonyl (C=O) groups is 1. The van der Waals surface area contributed by atoms with E-state index in [1.165, 1.54) is 51.4 Å². The van der Waals surface area contributed by atoms with Gasteiger partial charge in [0.1, 0.15) is 0 Å². The molecular formula is C24H40O3. The molecule has 0 aromatic rings. The predicted molar refractivity (Wildman–Crippen MR) is 107 cm³/mol. The van der Waals surface area contributed by atoms with Crippen LogP contribution in [0.3, 0.4) is 0 Å². The maximum absolute atomic E-state index is 11.2. The standard InChI is InChI=1S/C24H40O3/c1-15(7-10-21(26)27)17-8-9-18-22-19(11-13-24(17,18)3)23(2)12-5-4-6-16(23)14-20(22)25/h15-20,22,25H,4-14H2,1-3H3,(H,26,27)/t15-,16?,17?,18?,19?,20+,22?,23+,24-/m1/s1. The molecule has 3 heteroatoms. The van der Waals surface area contributed by atoms with E-state index in [4.69, 9.17) is 5.11 Å². The van der Waals surface area contributed by atoms with Crippen LogP contribution in [0.25, 0.3) is 0 Å². The topological polar surface area (TPSA) is 57.5 Å². The molecule has 4 saturated carbocycles. The Labute approximate surface area is 165 Å². The summed E-state index contributed by atoms with van der Waals surface area (Å²) >= 11 is 0. The minimum Gasteiger partial charge on any atom is -0.481 e. The van der Waals surface area contributed by atoms with Gasteiger partial charge in [0.05, 0.1) is 6.10 Å². The lowest BCUT2D eigenvalue weighted by molar-refractivity contribution is -0.164. The first kappa shape index (κ1) is 19.7. The second-order valence-corrected chi connectivity index (χ2v) is 11.2. The largest absolute Gasteiger partial charge is 0.481 e. The van der Waals surface area contributed by atoms with Gasteiger partial charge >= 0.3 is 5.97 Å². The number of rotatable bonds is 4. The molecule has 3 nitrogen and oxygen atoms in total. The first-order chi connectivity index (χ1) is 12.8. The number of aliphatic hydroxyl groups is 1. The van der Waals surface area contributed by atoms with E-state index < -0.39 is 5.97 Å². The summed E-state index contributed by atoms with van der Waals surface area (Å²) in [5.41, 5.74) is 0.758. The molecule has 0 spiro atoms. The van der Waals surface area contributed by atoms with Crippen LogP contribution in [0.2, 0.25) is 0 Å². The second kappa shape index (κ2) is 7.04. The van der Waals surface area contributed by atoms with Gasteiger partial charge in [-0.25, -0.2) is 0 Å². The first-order valence-corrected chi connectivity index (χ1v) is 11.7. The van der Waals surface area contributed by atoms with Crippen LogP contribution in [-0.2, 0) is 4.79 Å². The molecule has 4 aliphatic rings. The zero-order valence-electron chi connectivity index (χ0n) is 17.6. The second-order valence-electron chi connectivity index (χ2n) is 11.2. The zero-order chi connectivity index (χ0) is 19.4. The van der Waals surface area contributed by atoms with Crippen molar-refractivity contribution in [1.82, 2.24) is 0 Å². The monoisotopic (exact) mass is 376 g/mol. The van der Waals surface area contributed by atoms with Gasteiger partial charge < -0.3 is 10.2 Å². The average Bonchev–Trinajstić information content (AvgIpc) is 2.97. The maximum atomic E-state index is 11.2. The van der Waals surface area contributed by atoms with Crippen molar-refractivity contribution in [2.75, 3.05) is 0 Å². The zero-order valence-corrected chi connectivity index (χ0v) is 17.6. The molecule has 0 saturated heterocycles. The van der Waals surface area contributed by atoms with E-state index in [0.29, 0.717) is 46.8 Å². The SMILES string of the molecule is C[C@H](CCC(=O)O)C1CCC2C3C(CC[C@@]21C)[C@@]1(C)CCCCC1C[C@@H]3O. The number of hydrogen-bond donors (Lipinski definition) is 2. The number of carboxylic acids is 1. The summed E-state index contributed by atoms with van der Waals surface area (Å²) in [5, 5.41) is 20.3. The molecule has 0 aromatic heterocycles. The molecular weight excluding hydrogens is 336 g/mol. The number of fused-ring (bicyclic) bond motifs is 5. The third-order valence-electron chi connectivity index (χ3n) is 10.2. The molecule has 0 bridgehead atoms. The van der Waals surface area contributed by atoms with E-state index in [2.05, 4.69) is 20.8 Å². The van der Waals surface area contributed by atoms with Crippen molar-refractivity contribution in [3.63, 3.8) is 0 Å². The van der Waals surface area contributed by atoms with E-state index in [1.54, 1.807) is 0 Å². The lowest BCUT2D eigenvalue weighted by Crippen LogP contribution is -2.57. The Bertz CT molecular complexity index is 574. The fraction of sp³-hybridized carbons (Fsp3) is 0.958. The average molecular weight is 377 g/mol. The number of aliphatic carboxylic acids is 1. The number of carboxylic acid groups (broad SMARTS) is 1. The minimum atomic E-state index is -0.663. The van der Waals surface area contributed by atoms with Gasteiger partial charge in [-0.15, -0.1) is 0 Å². The Kier molecular flexibility index (Phi) is 5.15. The van der Waals surface area contributed by atoms with Gasteiger partial charge in [0.15, 0.2) is 0 Å². The molecule has 0 heterocycles. The van der Waals surface area contributed by atoms with Crippen LogP contribution in [0, 0.1) is 46.3 Å². The van der Waals surface area contributed by atoms with E-state index in [-0.39, 0.29) is 6.10 Å². The summed E-state index contributed by atoms with van der Waals surface area (Å²) in [7, 11) is 0. The number of hydrogen-bond acceptors (Lipinski definition) is 2. The first-order valence-electron chi connectivity index (χ1n) is 11.7. The van der Waals surface area contributed by atoms with Gasteiger partial charge in [-0.3, -0.25) is 4.79 Å². The molecule has 5 unspecified atom stereocenters. The lowest BCUT2D eigenvalue weighted by atomic mass is 9.44. The Hall–Kier alpha value is -0.570. The van der Waals surface area contributed by atoms with Crippen LogP contribution < -0.4 is 0 Å². The van der Waals surface area contributed by atoms with Crippen molar-refractivity contribution in [2.45, 2.75) is 97.5 Å². The molecule has 2 N–H and O–H groups in total. The van der Waals surface area contributed by atoms with E-state index >= 15 is 0 Å². The van der Waals surface area contributed by atoms with Crippen molar-refractivity contribution in [1.29, 1.82) is 0 Å². The van der Waals surface area contributed by atoms with E-state index in [1.807, 2.05) is 0 Å². The van der Waals surface area contributed by atoms with Crippen LogP contribution in [0.5, 0.6) is 0 Å². The highest BCUT2D eigenvalue weighted by molar-refractivity contribution is 5.66. The van der Waals surface area contributed by atoms with Crippen LogP contribution in [0.15, 0.2) is 0 Å². The van der Waals surface area contributed by atoms with Crippen molar-refractivity contribution in [3.05, 3.63) is 0 Å². The molecule has 4 rings (SSSR count). The Balaban J connectivity index is 1.56. The molecule has 154 valence electrons. The van der Waals surface area contributed by atoms with Crippen LogP contribution in [0.4, 0.5) is 0 Å². The smallest absolute Gasteiger partial charge is 0.303 e. The van der Waals surface area contributed by atoms with Crippen LogP contribution >= 0.6 is 0 Å². The molecule has 9 atom stereocenters. The minimum absolute atomic E-state index is 0.108. The fourth-order valence-electron chi connectivity index (χ4n) is 8.78. The van der Waals surface area contributed by atoms with Gasteiger partial charge in [0.2, 0.25) is 0 Å². The number of aliphatic hydroxyl groups excluding tert-OH is 1. The van der Waals surface area contributed by atoms with Gasteiger partial charge in [0, 0.05) is 6.42 Å². The molecule has 0 aromatic carbocycles. The fourth-order valence-corrected chi connectivity index (χ4v) is 8.78. The highest BCUT2D eigenvalue weighted by atomic mass is 16.4. The summed E-state index contributed by atoms with van der Waals surface area (Å²) in [6, 6.07) is 0. The predicted octanol–water partition coefficient (Wildman–Crippen LogP) is 5.51. The normalized spacial score (nSPS) is 50.4. The molecule has 27 heavy (non-hydrogen) atoms. The molecule has 4 fully saturated rings. The van der Waals surface area contributed by atoms with Gasteiger partial charge in [0.25, 0.3) is 0 Å². The highest BCUT2D eigenvalue weighted by Crippen LogP contribution is 2.68. The Morgan fingerprint density at radius 1 is 1.04 bits per heavy atom.